The van der Waals surface area contributed by atoms with Crippen LogP contribution in [0.1, 0.15) is 43.5 Å². The summed E-state index contributed by atoms with van der Waals surface area (Å²) < 4.78 is 10.7. The summed E-state index contributed by atoms with van der Waals surface area (Å²) in [5.74, 6) is -1.65. The summed E-state index contributed by atoms with van der Waals surface area (Å²) in [6.45, 7) is 7.15. The topological polar surface area (TPSA) is 79.3 Å². The lowest BCUT2D eigenvalue weighted by Crippen LogP contribution is -2.35. The number of ketones is 1. The average molecular weight is 535 g/mol. The summed E-state index contributed by atoms with van der Waals surface area (Å²) >= 11 is 12.8. The normalized spacial score (nSPS) is 17.7. The van der Waals surface area contributed by atoms with Crippen molar-refractivity contribution in [1.82, 2.24) is 9.80 Å². The molecule has 3 rings (SSSR count). The average Bonchev–Trinajstić information content (AvgIpc) is 3.06. The lowest BCUT2D eigenvalue weighted by molar-refractivity contribution is -0.140. The first-order valence-electron chi connectivity index (χ1n) is 11.5. The Balaban J connectivity index is 2.26. The smallest absolute Gasteiger partial charge is 0.295 e. The Kier molecular flexibility index (Phi) is 8.28. The van der Waals surface area contributed by atoms with E-state index >= 15 is 0 Å². The van der Waals surface area contributed by atoms with Crippen LogP contribution in [0, 0.1) is 0 Å². The number of carbonyl (C=O) groups is 2. The molecule has 1 heterocycles. The van der Waals surface area contributed by atoms with E-state index in [9.17, 15) is 14.7 Å². The number of aliphatic hydroxyl groups excluding tert-OH is 1. The number of amides is 1. The number of methoxy groups -OCH3 is 2. The molecule has 1 aliphatic heterocycles. The monoisotopic (exact) mass is 534 g/mol. The van der Waals surface area contributed by atoms with Crippen molar-refractivity contribution in [3.8, 4) is 11.5 Å². The minimum absolute atomic E-state index is 0.0435. The van der Waals surface area contributed by atoms with Crippen molar-refractivity contribution in [1.29, 1.82) is 0 Å². The lowest BCUT2D eigenvalue weighted by Gasteiger charge is -2.27. The third-order valence-electron chi connectivity index (χ3n) is 6.22. The van der Waals surface area contributed by atoms with Crippen molar-refractivity contribution < 1.29 is 24.2 Å². The molecule has 0 bridgehead atoms. The summed E-state index contributed by atoms with van der Waals surface area (Å²) in [6.07, 6.45) is 0. The zero-order valence-electron chi connectivity index (χ0n) is 21.6. The van der Waals surface area contributed by atoms with Gasteiger partial charge in [0.2, 0.25) is 0 Å². The maximum absolute atomic E-state index is 13.3. The van der Waals surface area contributed by atoms with Gasteiger partial charge in [-0.15, -0.1) is 0 Å². The number of rotatable bonds is 7. The lowest BCUT2D eigenvalue weighted by atomic mass is 9.85. The third-order valence-corrected chi connectivity index (χ3v) is 6.84. The third kappa shape index (κ3) is 5.19. The van der Waals surface area contributed by atoms with Crippen LogP contribution in [-0.4, -0.2) is 68.0 Å². The minimum atomic E-state index is -0.802. The number of aliphatic hydroxyl groups is 1. The van der Waals surface area contributed by atoms with Crippen molar-refractivity contribution in [2.75, 3.05) is 41.4 Å². The Morgan fingerprint density at radius 3 is 2.14 bits per heavy atom. The van der Waals surface area contributed by atoms with Gasteiger partial charge in [-0.25, -0.2) is 0 Å². The SMILES string of the molecule is COc1c(Cl)cc(/C(O)=C2\C(=O)C(=O)N(CCN(C)C)C2c2ccc(C(C)(C)C)cc2)c(OC)c1Cl. The molecule has 1 aliphatic rings. The molecule has 36 heavy (non-hydrogen) atoms. The summed E-state index contributed by atoms with van der Waals surface area (Å²) in [6, 6.07) is 8.33. The number of likely N-dealkylation sites (N-methyl/N-ethyl adjacent to an activating group) is 1. The fourth-order valence-electron chi connectivity index (χ4n) is 4.22. The standard InChI is InChI=1S/C27H32Cl2N2O5/c1-27(2,3)16-10-8-15(9-11-16)21-19(23(33)26(34)31(21)13-12-30(4)5)22(32)17-14-18(28)25(36-7)20(29)24(17)35-6/h8-11,14,21,32H,12-13H2,1-7H3/b22-19+. The Labute approximate surface area is 222 Å². The highest BCUT2D eigenvalue weighted by atomic mass is 35.5. The maximum atomic E-state index is 13.3. The fraction of sp³-hybridized carbons (Fsp3) is 0.407. The molecule has 0 aliphatic carbocycles. The number of hydrogen-bond donors (Lipinski definition) is 1. The number of likely N-dealkylation sites (tertiary alicyclic amines) is 1. The number of hydrogen-bond acceptors (Lipinski definition) is 6. The van der Waals surface area contributed by atoms with Crippen LogP contribution in [0.5, 0.6) is 11.5 Å². The zero-order valence-corrected chi connectivity index (χ0v) is 23.1. The predicted octanol–water partition coefficient (Wildman–Crippen LogP) is 5.29. The van der Waals surface area contributed by atoms with Gasteiger partial charge in [0, 0.05) is 13.1 Å². The van der Waals surface area contributed by atoms with E-state index in [1.54, 1.807) is 0 Å². The van der Waals surface area contributed by atoms with E-state index in [0.29, 0.717) is 18.7 Å². The molecule has 1 atom stereocenters. The van der Waals surface area contributed by atoms with E-state index in [-0.39, 0.29) is 38.1 Å². The minimum Gasteiger partial charge on any atom is -0.507 e. The van der Waals surface area contributed by atoms with Gasteiger partial charge in [-0.1, -0.05) is 68.2 Å². The quantitative estimate of drug-likeness (QED) is 0.295. The first kappa shape index (κ1) is 27.8. The number of Topliss-reactive ketones (excluding diaryl/α,β-unsaturated/α-hetero) is 1. The van der Waals surface area contributed by atoms with E-state index in [0.717, 1.165) is 5.56 Å². The van der Waals surface area contributed by atoms with Crippen LogP contribution >= 0.6 is 23.2 Å². The van der Waals surface area contributed by atoms with Crippen LogP contribution in [-0.2, 0) is 15.0 Å². The summed E-state index contributed by atoms with van der Waals surface area (Å²) in [5.41, 5.74) is 1.77. The van der Waals surface area contributed by atoms with Crippen LogP contribution in [0.25, 0.3) is 5.76 Å². The van der Waals surface area contributed by atoms with Gasteiger partial charge in [-0.3, -0.25) is 9.59 Å². The van der Waals surface area contributed by atoms with Gasteiger partial charge in [-0.05, 0) is 36.7 Å². The first-order chi connectivity index (χ1) is 16.8. The Bertz CT molecular complexity index is 1200. The molecule has 7 nitrogen and oxygen atoms in total. The molecule has 0 saturated carbocycles. The van der Waals surface area contributed by atoms with E-state index in [4.69, 9.17) is 32.7 Å². The summed E-state index contributed by atoms with van der Waals surface area (Å²) in [7, 11) is 6.55. The van der Waals surface area contributed by atoms with Crippen LogP contribution in [0.3, 0.4) is 0 Å². The van der Waals surface area contributed by atoms with Gasteiger partial charge >= 0.3 is 0 Å². The zero-order chi connectivity index (χ0) is 26.9. The molecule has 2 aromatic carbocycles. The van der Waals surface area contributed by atoms with Gasteiger partial charge in [0.15, 0.2) is 11.5 Å². The predicted molar refractivity (Wildman–Crippen MR) is 142 cm³/mol. The highest BCUT2D eigenvalue weighted by Crippen LogP contribution is 2.47. The van der Waals surface area contributed by atoms with E-state index < -0.39 is 23.5 Å². The number of carbonyl (C=O) groups excluding carboxylic acids is 2. The summed E-state index contributed by atoms with van der Waals surface area (Å²) in [5, 5.41) is 11.6. The number of halogens is 2. The van der Waals surface area contributed by atoms with E-state index in [1.807, 2.05) is 43.3 Å². The maximum Gasteiger partial charge on any atom is 0.295 e. The molecule has 1 amide bonds. The molecule has 1 fully saturated rings. The van der Waals surface area contributed by atoms with Gasteiger partial charge in [0.05, 0.1) is 36.4 Å². The van der Waals surface area contributed by atoms with Gasteiger partial charge < -0.3 is 24.4 Å². The van der Waals surface area contributed by atoms with Gasteiger partial charge in [0.25, 0.3) is 11.7 Å². The molecule has 0 aromatic heterocycles. The van der Waals surface area contributed by atoms with Crippen molar-refractivity contribution in [2.24, 2.45) is 0 Å². The van der Waals surface area contributed by atoms with Gasteiger partial charge in [-0.2, -0.15) is 0 Å². The molecule has 0 spiro atoms. The second kappa shape index (κ2) is 10.7. The van der Waals surface area contributed by atoms with Crippen LogP contribution in [0.2, 0.25) is 10.0 Å². The molecule has 0 radical (unpaired) electrons. The fourth-order valence-corrected chi connectivity index (χ4v) is 4.91. The molecule has 9 heteroatoms. The highest BCUT2D eigenvalue weighted by molar-refractivity contribution is 6.47. The molecular formula is C27H32Cl2N2O5. The Morgan fingerprint density at radius 2 is 1.64 bits per heavy atom. The van der Waals surface area contributed by atoms with Crippen molar-refractivity contribution in [2.45, 2.75) is 32.2 Å². The molecule has 194 valence electrons. The van der Waals surface area contributed by atoms with Crippen molar-refractivity contribution in [3.63, 3.8) is 0 Å². The van der Waals surface area contributed by atoms with E-state index in [1.165, 1.54) is 25.2 Å². The van der Waals surface area contributed by atoms with E-state index in [2.05, 4.69) is 20.8 Å². The second-order valence-electron chi connectivity index (χ2n) is 9.95. The number of benzene rings is 2. The molecule has 1 unspecified atom stereocenters. The summed E-state index contributed by atoms with van der Waals surface area (Å²) in [4.78, 5) is 29.9. The number of nitrogens with zero attached hydrogens (tertiary/aromatic N) is 2. The van der Waals surface area contributed by atoms with Crippen LogP contribution in [0.4, 0.5) is 0 Å². The molecule has 1 saturated heterocycles. The molecular weight excluding hydrogens is 503 g/mol. The van der Waals surface area contributed by atoms with Gasteiger partial charge in [0.1, 0.15) is 10.8 Å². The van der Waals surface area contributed by atoms with Crippen molar-refractivity contribution >= 4 is 40.7 Å². The Hall–Kier alpha value is -2.74. The first-order valence-corrected chi connectivity index (χ1v) is 12.2. The Morgan fingerprint density at radius 1 is 1.06 bits per heavy atom. The molecule has 1 N–H and O–H groups in total. The molecule has 2 aromatic rings. The largest absolute Gasteiger partial charge is 0.507 e. The second-order valence-corrected chi connectivity index (χ2v) is 10.7. The highest BCUT2D eigenvalue weighted by Gasteiger charge is 2.46. The van der Waals surface area contributed by atoms with Crippen LogP contribution in [0.15, 0.2) is 35.9 Å². The van der Waals surface area contributed by atoms with Crippen molar-refractivity contribution in [3.05, 3.63) is 62.6 Å². The van der Waals surface area contributed by atoms with Crippen LogP contribution < -0.4 is 9.47 Å². The number of ether oxygens (including phenoxy) is 2.